The van der Waals surface area contributed by atoms with Crippen LogP contribution in [-0.2, 0) is 74.8 Å². The predicted octanol–water partition coefficient (Wildman–Crippen LogP) is -4.09. The minimum Gasteiger partial charge on any atom is -0.494 e. The Morgan fingerprint density at radius 2 is 1.48 bits per heavy atom. The highest BCUT2D eigenvalue weighted by molar-refractivity contribution is 7.85. The molecular formula is C55H78N12O17S. The number of H-pyrrole nitrogens is 1. The zero-order valence-corrected chi connectivity index (χ0v) is 48.6. The molecule has 0 aliphatic carbocycles. The number of fused-ring (bicyclic) bond motifs is 5. The number of nitrogens with two attached hydrogens (primary N) is 1. The van der Waals surface area contributed by atoms with E-state index in [4.69, 9.17) is 10.5 Å². The van der Waals surface area contributed by atoms with Crippen LogP contribution in [0, 0.1) is 11.8 Å². The number of aliphatic hydroxyl groups is 3. The van der Waals surface area contributed by atoms with E-state index in [9.17, 15) is 72.9 Å². The quantitative estimate of drug-likeness (QED) is 0.0418. The maximum Gasteiger partial charge on any atom is 0.253 e. The SMILES string of the molecule is CC[C@H](C)[C@@H]1NC(=O)CNC(=O)[C@H]2Cc3c([nH]c4cc(OCCCCCCNC(=O)CCCCCN5C(=O)C=CC5=O)ccc34)S(=O)C[C@@H](NC(=O)CNC1=O)C(=O)N[C@@H](CC(N)=O)C(=O)N1C[C@H](O)C[C@H]1C(=O)N[C@@H]([C@H](C)[C@H](O)CO)C(=O)N2. The Morgan fingerprint density at radius 1 is 0.800 bits per heavy atom. The Bertz CT molecular complexity index is 2880. The maximum absolute atomic E-state index is 15.0. The van der Waals surface area contributed by atoms with Gasteiger partial charge in [0.15, 0.2) is 0 Å². The van der Waals surface area contributed by atoms with Crippen LogP contribution in [-0.4, -0.2) is 205 Å². The van der Waals surface area contributed by atoms with E-state index >= 15 is 4.21 Å². The number of hydrogen-bond acceptors (Lipinski definition) is 17. The van der Waals surface area contributed by atoms with Crippen molar-refractivity contribution >= 4 is 92.6 Å². The first-order chi connectivity index (χ1) is 40.5. The summed E-state index contributed by atoms with van der Waals surface area (Å²) < 4.78 is 21.1. The van der Waals surface area contributed by atoms with Gasteiger partial charge >= 0.3 is 0 Å². The molecule has 0 radical (unpaired) electrons. The summed E-state index contributed by atoms with van der Waals surface area (Å²) in [6, 6.07) is -5.32. The summed E-state index contributed by atoms with van der Waals surface area (Å²) in [6.45, 7) is 2.74. The lowest BCUT2D eigenvalue weighted by Crippen LogP contribution is -2.62. The van der Waals surface area contributed by atoms with Crippen LogP contribution in [0.5, 0.6) is 5.75 Å². The van der Waals surface area contributed by atoms with Gasteiger partial charge < -0.3 is 78.2 Å². The molecule has 1 fully saturated rings. The van der Waals surface area contributed by atoms with Gasteiger partial charge in [0.2, 0.25) is 59.1 Å². The molecule has 1 saturated heterocycles. The number of benzene rings is 1. The summed E-state index contributed by atoms with van der Waals surface area (Å²) in [7, 11) is -2.41. The molecule has 30 heteroatoms. The van der Waals surface area contributed by atoms with E-state index in [1.807, 2.05) is 0 Å². The molecule has 0 spiro atoms. The van der Waals surface area contributed by atoms with Crippen molar-refractivity contribution in [2.45, 2.75) is 151 Å². The number of primary amides is 1. The van der Waals surface area contributed by atoms with Gasteiger partial charge in [-0.25, -0.2) is 0 Å². The van der Waals surface area contributed by atoms with Crippen molar-refractivity contribution in [1.82, 2.24) is 57.3 Å². The number of aromatic nitrogens is 1. The average Bonchev–Trinajstić information content (AvgIpc) is 3.54. The van der Waals surface area contributed by atoms with Crippen molar-refractivity contribution in [2.75, 3.05) is 51.7 Å². The summed E-state index contributed by atoms with van der Waals surface area (Å²) >= 11 is 0. The third kappa shape index (κ3) is 18.3. The maximum atomic E-state index is 15.0. The van der Waals surface area contributed by atoms with Crippen LogP contribution in [0.2, 0.25) is 0 Å². The van der Waals surface area contributed by atoms with Gasteiger partial charge in [-0.15, -0.1) is 0 Å². The molecule has 4 aliphatic rings. The van der Waals surface area contributed by atoms with Gasteiger partial charge in [0, 0.05) is 68.4 Å². The van der Waals surface area contributed by atoms with Gasteiger partial charge in [-0.2, -0.15) is 0 Å². The van der Waals surface area contributed by atoms with Crippen LogP contribution >= 0.6 is 0 Å². The zero-order chi connectivity index (χ0) is 62.1. The van der Waals surface area contributed by atoms with Gasteiger partial charge in [-0.1, -0.05) is 46.5 Å². The summed E-state index contributed by atoms with van der Waals surface area (Å²) in [5, 5.41) is 52.2. The molecule has 2 bridgehead atoms. The van der Waals surface area contributed by atoms with E-state index in [1.165, 1.54) is 24.0 Å². The zero-order valence-electron chi connectivity index (χ0n) is 47.7. The standard InChI is InChI=1S/C55H78N12O17S/c1-4-29(2)47-52(80)59-24-43(73)60-38-28-85(83)54-34(33-14-13-32(21-35(33)63-54)84-19-11-6-5-9-17-57-42(72)12-8-7-10-18-66-45(75)15-16-46(66)76)22-36(49(77)58-25-44(74)64-47)61-53(81)48(30(3)40(70)27-68)65-51(79)39-20-31(69)26-67(39)55(82)37(23-41(56)71)62-50(38)78/h13-16,21,29-31,36-40,47-48,63,68-70H,4-12,17-20,22-28H2,1-3H3,(H2,56,71)(H,57,72)(H,58,77)(H,59,80)(H,60,73)(H,61,81)(H,62,78)(H,64,74)(H,65,79)/t29-,30+,31+,36+,37-,38+,39-,40+,47-,48-,85?/m0/s1. The number of nitrogens with zero attached hydrogens (tertiary/aromatic N) is 2. The van der Waals surface area contributed by atoms with Crippen LogP contribution in [0.3, 0.4) is 0 Å². The van der Waals surface area contributed by atoms with Crippen molar-refractivity contribution in [3.05, 3.63) is 35.9 Å². The largest absolute Gasteiger partial charge is 0.494 e. The van der Waals surface area contributed by atoms with E-state index in [-0.39, 0.29) is 40.4 Å². The fourth-order valence-corrected chi connectivity index (χ4v) is 11.6. The molecule has 2 aromatic rings. The minimum atomic E-state index is -2.41. The molecule has 11 atom stereocenters. The molecule has 29 nitrogen and oxygen atoms in total. The number of rotatable bonds is 21. The molecule has 1 aromatic heterocycles. The van der Waals surface area contributed by atoms with Crippen LogP contribution in [0.4, 0.5) is 0 Å². The fourth-order valence-electron chi connectivity index (χ4n) is 10.3. The van der Waals surface area contributed by atoms with Gasteiger partial charge in [0.05, 0.1) is 67.0 Å². The van der Waals surface area contributed by atoms with Gasteiger partial charge in [-0.05, 0) is 49.3 Å². The number of aliphatic hydroxyl groups excluding tert-OH is 3. The molecule has 1 aromatic carbocycles. The highest BCUT2D eigenvalue weighted by Gasteiger charge is 2.45. The normalized spacial score (nSPS) is 25.1. The van der Waals surface area contributed by atoms with E-state index in [2.05, 4.69) is 47.5 Å². The molecule has 6 rings (SSSR count). The number of aromatic amines is 1. The molecule has 466 valence electrons. The Labute approximate surface area is 492 Å². The average molecular weight is 1210 g/mol. The van der Waals surface area contributed by atoms with Crippen LogP contribution in [0.15, 0.2) is 35.4 Å². The summed E-state index contributed by atoms with van der Waals surface area (Å²) in [4.78, 5) is 167. The highest BCUT2D eigenvalue weighted by Crippen LogP contribution is 2.31. The molecule has 85 heavy (non-hydrogen) atoms. The molecule has 14 N–H and O–H groups in total. The lowest BCUT2D eigenvalue weighted by molar-refractivity contribution is -0.144. The molecule has 5 heterocycles. The fraction of sp³-hybridized carbons (Fsp3) is 0.600. The van der Waals surface area contributed by atoms with E-state index in [1.54, 1.807) is 32.0 Å². The van der Waals surface area contributed by atoms with E-state index < -0.39 is 176 Å². The van der Waals surface area contributed by atoms with Crippen molar-refractivity contribution in [3.63, 3.8) is 0 Å². The van der Waals surface area contributed by atoms with E-state index in [0.29, 0.717) is 69.2 Å². The molecule has 4 aliphatic heterocycles. The first-order valence-electron chi connectivity index (χ1n) is 28.6. The minimum absolute atomic E-state index is 0.0964. The van der Waals surface area contributed by atoms with Crippen LogP contribution in [0.1, 0.15) is 97.0 Å². The number of amides is 12. The lowest BCUT2D eigenvalue weighted by Gasteiger charge is -2.32. The van der Waals surface area contributed by atoms with Crippen molar-refractivity contribution in [1.29, 1.82) is 0 Å². The summed E-state index contributed by atoms with van der Waals surface area (Å²) in [6.07, 6.45) is 3.00. The number of nitrogens with one attached hydrogen (secondary N) is 9. The van der Waals surface area contributed by atoms with E-state index in [0.717, 1.165) is 17.7 Å². The van der Waals surface area contributed by atoms with Gasteiger partial charge in [0.25, 0.3) is 11.8 Å². The number of imide groups is 1. The second-order valence-electron chi connectivity index (χ2n) is 21.7. The summed E-state index contributed by atoms with van der Waals surface area (Å²) in [5.41, 5.74) is 5.96. The molecular weight excluding hydrogens is 1130 g/mol. The Hall–Kier alpha value is -7.83. The van der Waals surface area contributed by atoms with Crippen molar-refractivity contribution in [3.8, 4) is 5.75 Å². The lowest BCUT2D eigenvalue weighted by atomic mass is 9.93. The molecule has 1 unspecified atom stereocenters. The summed E-state index contributed by atoms with van der Waals surface area (Å²) in [5.74, 6) is -12.3. The second-order valence-corrected chi connectivity index (χ2v) is 23.1. The molecule has 12 amide bonds. The Kier molecular flexibility index (Phi) is 24.5. The highest BCUT2D eigenvalue weighted by atomic mass is 32.2. The monoisotopic (exact) mass is 1210 g/mol. The first kappa shape index (κ1) is 66.3. The predicted molar refractivity (Wildman–Crippen MR) is 302 cm³/mol. The van der Waals surface area contributed by atoms with Gasteiger partial charge in [0.1, 0.15) is 47.0 Å². The number of unbranched alkanes of at least 4 members (excludes halogenated alkanes) is 5. The molecule has 0 saturated carbocycles. The Balaban J connectivity index is 1.30. The number of carbonyl (C=O) groups is 12. The van der Waals surface area contributed by atoms with Crippen LogP contribution < -0.4 is 53.0 Å². The third-order valence-corrected chi connectivity index (χ3v) is 16.8. The topological polar surface area (TPSA) is 436 Å². The number of carbonyl (C=O) groups excluding carboxylic acids is 12. The van der Waals surface area contributed by atoms with Crippen LogP contribution in [0.25, 0.3) is 10.9 Å². The van der Waals surface area contributed by atoms with Gasteiger partial charge in [-0.3, -0.25) is 66.6 Å². The second kappa shape index (κ2) is 31.4. The third-order valence-electron chi connectivity index (χ3n) is 15.4. The number of hydrogen-bond donors (Lipinski definition) is 13. The van der Waals surface area contributed by atoms with Crippen molar-refractivity contribution in [2.24, 2.45) is 17.6 Å². The Morgan fingerprint density at radius 3 is 2.18 bits per heavy atom. The first-order valence-corrected chi connectivity index (χ1v) is 29.9. The van der Waals surface area contributed by atoms with Crippen molar-refractivity contribution < 1.29 is 81.8 Å². The smallest absolute Gasteiger partial charge is 0.253 e. The number of ether oxygens (including phenoxy) is 1.